The number of nitriles is 1. The average Bonchev–Trinajstić information content (AvgIpc) is 2.68. The molecule has 1 heterocycles. The Labute approximate surface area is 154 Å². The molecule has 0 unspecified atom stereocenters. The Kier molecular flexibility index (Phi) is 4.95. The van der Waals surface area contributed by atoms with Gasteiger partial charge in [-0.2, -0.15) is 5.26 Å². The zero-order chi connectivity index (χ0) is 19.4. The second-order valence-corrected chi connectivity index (χ2v) is 5.51. The van der Waals surface area contributed by atoms with E-state index < -0.39 is 10.9 Å². The number of carbonyl (C=O) groups is 1. The number of hydrogen-bond acceptors (Lipinski definition) is 7. The lowest BCUT2D eigenvalue weighted by Crippen LogP contribution is -2.09. The summed E-state index contributed by atoms with van der Waals surface area (Å²) in [5, 5.41) is 23.8. The van der Waals surface area contributed by atoms with Crippen LogP contribution in [0.15, 0.2) is 48.7 Å². The molecule has 1 aromatic heterocycles. The Morgan fingerprint density at radius 2 is 2.04 bits per heavy atom. The van der Waals surface area contributed by atoms with Gasteiger partial charge in [0, 0.05) is 29.4 Å². The molecule has 8 nitrogen and oxygen atoms in total. The summed E-state index contributed by atoms with van der Waals surface area (Å²) in [6.45, 7) is 1.90. The number of nitro benzene ring substituents is 1. The van der Waals surface area contributed by atoms with Crippen LogP contribution in [0.25, 0.3) is 10.9 Å². The van der Waals surface area contributed by atoms with E-state index in [-0.39, 0.29) is 17.9 Å². The monoisotopic (exact) mass is 362 g/mol. The quantitative estimate of drug-likeness (QED) is 0.415. The van der Waals surface area contributed by atoms with Crippen LogP contribution in [0.2, 0.25) is 0 Å². The van der Waals surface area contributed by atoms with Gasteiger partial charge in [-0.25, -0.2) is 4.79 Å². The van der Waals surface area contributed by atoms with Gasteiger partial charge in [0.1, 0.15) is 11.6 Å². The van der Waals surface area contributed by atoms with Gasteiger partial charge in [-0.15, -0.1) is 0 Å². The van der Waals surface area contributed by atoms with Crippen LogP contribution in [-0.2, 0) is 4.74 Å². The van der Waals surface area contributed by atoms with Gasteiger partial charge < -0.3 is 10.1 Å². The van der Waals surface area contributed by atoms with Gasteiger partial charge in [0.15, 0.2) is 0 Å². The van der Waals surface area contributed by atoms with Crippen molar-refractivity contribution in [1.29, 1.82) is 5.26 Å². The largest absolute Gasteiger partial charge is 0.462 e. The fraction of sp³-hybridized carbons (Fsp3) is 0.105. The molecule has 27 heavy (non-hydrogen) atoms. The lowest BCUT2D eigenvalue weighted by atomic mass is 10.1. The first-order valence-electron chi connectivity index (χ1n) is 8.05. The first-order valence-corrected chi connectivity index (χ1v) is 8.05. The van der Waals surface area contributed by atoms with Gasteiger partial charge in [0.2, 0.25) is 0 Å². The summed E-state index contributed by atoms with van der Waals surface area (Å²) in [5.41, 5.74) is 1.94. The number of benzene rings is 2. The lowest BCUT2D eigenvalue weighted by Gasteiger charge is -2.14. The van der Waals surface area contributed by atoms with Gasteiger partial charge in [-0.1, -0.05) is 12.1 Å². The van der Waals surface area contributed by atoms with Crippen LogP contribution in [-0.4, -0.2) is 22.5 Å². The molecule has 3 aromatic rings. The summed E-state index contributed by atoms with van der Waals surface area (Å²) >= 11 is 0. The van der Waals surface area contributed by atoms with Gasteiger partial charge in [-0.05, 0) is 25.1 Å². The first-order chi connectivity index (χ1) is 13.0. The number of aromatic nitrogens is 1. The predicted molar refractivity (Wildman–Crippen MR) is 98.8 cm³/mol. The van der Waals surface area contributed by atoms with Gasteiger partial charge in [0.05, 0.1) is 28.3 Å². The summed E-state index contributed by atoms with van der Waals surface area (Å²) in [6.07, 6.45) is 1.36. The van der Waals surface area contributed by atoms with Crippen molar-refractivity contribution in [3.05, 3.63) is 69.9 Å². The smallest absolute Gasteiger partial charge is 0.341 e. The SMILES string of the molecule is CCOC(=O)c1cnc2c(C#N)cccc2c1Nc1ccc([N+](=O)[O-])cc1. The number of nitrogens with zero attached hydrogens (tertiary/aromatic N) is 3. The van der Waals surface area contributed by atoms with Crippen molar-refractivity contribution in [2.75, 3.05) is 11.9 Å². The summed E-state index contributed by atoms with van der Waals surface area (Å²) in [6, 6.07) is 12.9. The first kappa shape index (κ1) is 17.8. The van der Waals surface area contributed by atoms with Crippen LogP contribution in [0.1, 0.15) is 22.8 Å². The summed E-state index contributed by atoms with van der Waals surface area (Å²) in [4.78, 5) is 26.9. The molecular formula is C19H14N4O4. The minimum absolute atomic E-state index is 0.0440. The lowest BCUT2D eigenvalue weighted by molar-refractivity contribution is -0.384. The zero-order valence-corrected chi connectivity index (χ0v) is 14.3. The number of ether oxygens (including phenoxy) is 1. The Bertz CT molecular complexity index is 1070. The Morgan fingerprint density at radius 1 is 1.30 bits per heavy atom. The maximum Gasteiger partial charge on any atom is 0.341 e. The molecule has 0 atom stereocenters. The van der Waals surface area contributed by atoms with E-state index in [0.29, 0.717) is 27.8 Å². The third kappa shape index (κ3) is 3.52. The van der Waals surface area contributed by atoms with Gasteiger partial charge in [0.25, 0.3) is 5.69 Å². The maximum atomic E-state index is 12.3. The zero-order valence-electron chi connectivity index (χ0n) is 14.3. The van der Waals surface area contributed by atoms with Crippen molar-refractivity contribution in [3.8, 4) is 6.07 Å². The molecule has 1 N–H and O–H groups in total. The van der Waals surface area contributed by atoms with E-state index in [4.69, 9.17) is 4.74 Å². The third-order valence-corrected chi connectivity index (χ3v) is 3.86. The molecule has 0 fully saturated rings. The fourth-order valence-electron chi connectivity index (χ4n) is 2.62. The standard InChI is InChI=1S/C19H14N4O4/c1-2-27-19(24)16-11-21-17-12(10-20)4-3-5-15(17)18(16)22-13-6-8-14(9-7-13)23(25)26/h3-9,11H,2H2,1H3,(H,21,22). The number of anilines is 2. The van der Waals surface area contributed by atoms with E-state index in [1.165, 1.54) is 30.5 Å². The normalized spacial score (nSPS) is 10.2. The fourth-order valence-corrected chi connectivity index (χ4v) is 2.62. The minimum atomic E-state index is -0.557. The van der Waals surface area contributed by atoms with Crippen LogP contribution in [0.4, 0.5) is 17.1 Å². The topological polar surface area (TPSA) is 118 Å². The summed E-state index contributed by atoms with van der Waals surface area (Å²) < 4.78 is 5.09. The number of nitrogens with one attached hydrogen (secondary N) is 1. The van der Waals surface area contributed by atoms with Crippen LogP contribution < -0.4 is 5.32 Å². The van der Waals surface area contributed by atoms with Crippen molar-refractivity contribution in [2.24, 2.45) is 0 Å². The number of rotatable bonds is 5. The molecule has 0 bridgehead atoms. The van der Waals surface area contributed by atoms with Crippen LogP contribution in [0.3, 0.4) is 0 Å². The van der Waals surface area contributed by atoms with Gasteiger partial charge in [-0.3, -0.25) is 15.1 Å². The number of nitro groups is 1. The molecule has 134 valence electrons. The van der Waals surface area contributed by atoms with Crippen LogP contribution >= 0.6 is 0 Å². The van der Waals surface area contributed by atoms with E-state index >= 15 is 0 Å². The van der Waals surface area contributed by atoms with E-state index in [1.54, 1.807) is 25.1 Å². The number of non-ortho nitro benzene ring substituents is 1. The maximum absolute atomic E-state index is 12.3. The number of carbonyl (C=O) groups excluding carboxylic acids is 1. The molecule has 0 aliphatic rings. The highest BCUT2D eigenvalue weighted by Gasteiger charge is 2.18. The van der Waals surface area contributed by atoms with E-state index in [0.717, 1.165) is 0 Å². The highest BCUT2D eigenvalue weighted by atomic mass is 16.6. The number of pyridine rings is 1. The third-order valence-electron chi connectivity index (χ3n) is 3.86. The highest BCUT2D eigenvalue weighted by molar-refractivity contribution is 6.07. The van der Waals surface area contributed by atoms with E-state index in [1.807, 2.05) is 0 Å². The molecule has 2 aromatic carbocycles. The van der Waals surface area contributed by atoms with Crippen molar-refractivity contribution in [1.82, 2.24) is 4.98 Å². The Balaban J connectivity index is 2.15. The van der Waals surface area contributed by atoms with E-state index in [9.17, 15) is 20.2 Å². The minimum Gasteiger partial charge on any atom is -0.462 e. The number of para-hydroxylation sites is 1. The highest BCUT2D eigenvalue weighted by Crippen LogP contribution is 2.31. The molecule has 0 saturated heterocycles. The second-order valence-electron chi connectivity index (χ2n) is 5.51. The molecule has 0 spiro atoms. The number of hydrogen-bond donors (Lipinski definition) is 1. The van der Waals surface area contributed by atoms with E-state index in [2.05, 4.69) is 16.4 Å². The van der Waals surface area contributed by atoms with Gasteiger partial charge >= 0.3 is 5.97 Å². The van der Waals surface area contributed by atoms with Crippen molar-refractivity contribution in [3.63, 3.8) is 0 Å². The molecule has 0 aliphatic heterocycles. The molecule has 8 heteroatoms. The summed E-state index contributed by atoms with van der Waals surface area (Å²) in [5.74, 6) is -0.557. The van der Waals surface area contributed by atoms with Crippen molar-refractivity contribution < 1.29 is 14.5 Å². The number of fused-ring (bicyclic) bond motifs is 1. The Hall–Kier alpha value is -3.99. The van der Waals surface area contributed by atoms with Crippen molar-refractivity contribution in [2.45, 2.75) is 6.92 Å². The molecule has 3 rings (SSSR count). The van der Waals surface area contributed by atoms with Crippen LogP contribution in [0, 0.1) is 21.4 Å². The second kappa shape index (κ2) is 7.49. The average molecular weight is 362 g/mol. The molecule has 0 aliphatic carbocycles. The molecular weight excluding hydrogens is 348 g/mol. The summed E-state index contributed by atoms with van der Waals surface area (Å²) in [7, 11) is 0. The predicted octanol–water partition coefficient (Wildman–Crippen LogP) is 3.93. The van der Waals surface area contributed by atoms with Crippen LogP contribution in [0.5, 0.6) is 0 Å². The molecule has 0 radical (unpaired) electrons. The molecule has 0 amide bonds. The Morgan fingerprint density at radius 3 is 2.67 bits per heavy atom. The number of esters is 1. The molecule has 0 saturated carbocycles. The van der Waals surface area contributed by atoms with Crippen molar-refractivity contribution >= 4 is 33.9 Å².